The maximum atomic E-state index is 13.9. The molecule has 8 nitrogen and oxygen atoms in total. The Balaban J connectivity index is 1.63. The molecule has 0 N–H and O–H groups in total. The Morgan fingerprint density at radius 1 is 0.974 bits per heavy atom. The van der Waals surface area contributed by atoms with Crippen LogP contribution in [0.5, 0.6) is 11.5 Å². The van der Waals surface area contributed by atoms with Gasteiger partial charge in [-0.25, -0.2) is 9.07 Å². The molecule has 0 bridgehead atoms. The van der Waals surface area contributed by atoms with Crippen molar-refractivity contribution in [2.24, 2.45) is 0 Å². The van der Waals surface area contributed by atoms with E-state index in [0.29, 0.717) is 68.3 Å². The summed E-state index contributed by atoms with van der Waals surface area (Å²) in [5.41, 5.74) is 4.71. The minimum atomic E-state index is -0.344. The van der Waals surface area contributed by atoms with Crippen molar-refractivity contribution < 1.29 is 23.5 Å². The van der Waals surface area contributed by atoms with E-state index in [-0.39, 0.29) is 23.7 Å². The van der Waals surface area contributed by atoms with E-state index >= 15 is 0 Å². The van der Waals surface area contributed by atoms with Crippen LogP contribution in [0.25, 0.3) is 16.9 Å². The number of amides is 2. The van der Waals surface area contributed by atoms with Gasteiger partial charge in [0, 0.05) is 44.2 Å². The highest BCUT2D eigenvalue weighted by Gasteiger charge is 2.33. The molecule has 38 heavy (non-hydrogen) atoms. The molecule has 2 amide bonds. The number of benzene rings is 2. The summed E-state index contributed by atoms with van der Waals surface area (Å²) in [6.07, 6.45) is 2.01. The van der Waals surface area contributed by atoms with E-state index < -0.39 is 0 Å². The van der Waals surface area contributed by atoms with Crippen LogP contribution in [0, 0.1) is 5.82 Å². The van der Waals surface area contributed by atoms with Crippen molar-refractivity contribution in [3.63, 3.8) is 0 Å². The fraction of sp³-hybridized carbons (Fsp3) is 0.414. The lowest BCUT2D eigenvalue weighted by atomic mass is 9.88. The van der Waals surface area contributed by atoms with E-state index in [1.165, 1.54) is 12.1 Å². The van der Waals surface area contributed by atoms with Crippen LogP contribution in [0.4, 0.5) is 4.39 Å². The maximum Gasteiger partial charge on any atom is 0.274 e. The van der Waals surface area contributed by atoms with Gasteiger partial charge in [0.1, 0.15) is 5.82 Å². The third-order valence-electron chi connectivity index (χ3n) is 7.14. The van der Waals surface area contributed by atoms with Gasteiger partial charge in [0.2, 0.25) is 5.91 Å². The quantitative estimate of drug-likeness (QED) is 0.502. The topological polar surface area (TPSA) is 76.9 Å². The molecule has 200 valence electrons. The Labute approximate surface area is 221 Å². The van der Waals surface area contributed by atoms with Crippen molar-refractivity contribution in [3.8, 4) is 28.4 Å². The predicted molar refractivity (Wildman–Crippen MR) is 141 cm³/mol. The molecule has 0 saturated carbocycles. The summed E-state index contributed by atoms with van der Waals surface area (Å²) >= 11 is 0. The number of aryl methyl sites for hydroxylation is 1. The minimum absolute atomic E-state index is 0.0173. The normalized spacial score (nSPS) is 15.1. The molecule has 2 aromatic carbocycles. The summed E-state index contributed by atoms with van der Waals surface area (Å²) in [4.78, 5) is 29.3. The average Bonchev–Trinajstić information content (AvgIpc) is 3.10. The standard InChI is InChI=1S/C29H33FN4O4/c1-18(2)38-26-17-24-20(16-25(26)37-4)6-11-23-27(29(36)33-13-5-12-32(14-15-33)19(3)35)31-34(28(23)24)22-9-7-21(30)8-10-22/h7-10,16-18H,5-6,11-15H2,1-4H3. The first-order chi connectivity index (χ1) is 18.3. The molecular weight excluding hydrogens is 487 g/mol. The molecule has 0 unspecified atom stereocenters. The second kappa shape index (κ2) is 10.5. The lowest BCUT2D eigenvalue weighted by Crippen LogP contribution is -2.37. The van der Waals surface area contributed by atoms with Gasteiger partial charge in [-0.3, -0.25) is 9.59 Å². The monoisotopic (exact) mass is 520 g/mol. The number of aromatic nitrogens is 2. The fourth-order valence-corrected chi connectivity index (χ4v) is 5.28. The zero-order chi connectivity index (χ0) is 27.0. The molecule has 3 aromatic rings. The van der Waals surface area contributed by atoms with Crippen molar-refractivity contribution in [2.75, 3.05) is 33.3 Å². The van der Waals surface area contributed by atoms with Gasteiger partial charge in [-0.2, -0.15) is 5.10 Å². The Morgan fingerprint density at radius 2 is 1.68 bits per heavy atom. The Hall–Kier alpha value is -3.88. The molecule has 1 aromatic heterocycles. The number of nitrogens with zero attached hydrogens (tertiary/aromatic N) is 4. The highest BCUT2D eigenvalue weighted by Crippen LogP contribution is 2.43. The van der Waals surface area contributed by atoms with Crippen molar-refractivity contribution in [2.45, 2.75) is 46.1 Å². The van der Waals surface area contributed by atoms with Gasteiger partial charge in [-0.1, -0.05) is 0 Å². The van der Waals surface area contributed by atoms with Crippen molar-refractivity contribution in [1.29, 1.82) is 0 Å². The third kappa shape index (κ3) is 4.85. The number of carbonyl (C=O) groups is 2. The molecule has 1 aliphatic heterocycles. The van der Waals surface area contributed by atoms with Crippen LogP contribution in [0.15, 0.2) is 36.4 Å². The molecule has 0 atom stereocenters. The van der Waals surface area contributed by atoms with Crippen LogP contribution in [-0.4, -0.2) is 70.8 Å². The molecule has 1 saturated heterocycles. The van der Waals surface area contributed by atoms with E-state index in [9.17, 15) is 14.0 Å². The van der Waals surface area contributed by atoms with Crippen molar-refractivity contribution in [1.82, 2.24) is 19.6 Å². The molecule has 1 aliphatic carbocycles. The predicted octanol–water partition coefficient (Wildman–Crippen LogP) is 4.27. The lowest BCUT2D eigenvalue weighted by Gasteiger charge is -2.23. The number of hydrogen-bond acceptors (Lipinski definition) is 5. The first-order valence-corrected chi connectivity index (χ1v) is 13.1. The zero-order valence-corrected chi connectivity index (χ0v) is 22.3. The van der Waals surface area contributed by atoms with Crippen LogP contribution in [-0.2, 0) is 17.6 Å². The van der Waals surface area contributed by atoms with Gasteiger partial charge >= 0.3 is 0 Å². The first kappa shape index (κ1) is 25.8. The smallest absolute Gasteiger partial charge is 0.274 e. The van der Waals surface area contributed by atoms with E-state index in [4.69, 9.17) is 14.6 Å². The number of methoxy groups -OCH3 is 1. The molecule has 1 fully saturated rings. The second-order valence-corrected chi connectivity index (χ2v) is 10.0. The molecule has 0 spiro atoms. The summed E-state index contributed by atoms with van der Waals surface area (Å²) in [6, 6.07) is 10.1. The van der Waals surface area contributed by atoms with Gasteiger partial charge in [-0.15, -0.1) is 0 Å². The number of rotatable bonds is 5. The van der Waals surface area contributed by atoms with Gasteiger partial charge in [0.25, 0.3) is 5.91 Å². The van der Waals surface area contributed by atoms with Crippen LogP contribution in [0.1, 0.15) is 48.8 Å². The van der Waals surface area contributed by atoms with Crippen LogP contribution in [0.2, 0.25) is 0 Å². The van der Waals surface area contributed by atoms with Gasteiger partial charge in [0.15, 0.2) is 17.2 Å². The minimum Gasteiger partial charge on any atom is -0.493 e. The Kier molecular flexibility index (Phi) is 7.10. The molecule has 2 heterocycles. The lowest BCUT2D eigenvalue weighted by molar-refractivity contribution is -0.128. The average molecular weight is 521 g/mol. The van der Waals surface area contributed by atoms with Crippen molar-refractivity contribution >= 4 is 11.8 Å². The first-order valence-electron chi connectivity index (χ1n) is 13.1. The maximum absolute atomic E-state index is 13.9. The molecular formula is C29H33FN4O4. The molecule has 9 heteroatoms. The number of hydrogen-bond donors (Lipinski definition) is 0. The van der Waals surface area contributed by atoms with Crippen LogP contribution in [0.3, 0.4) is 0 Å². The molecule has 0 radical (unpaired) electrons. The van der Waals surface area contributed by atoms with Crippen LogP contribution >= 0.6 is 0 Å². The second-order valence-electron chi connectivity index (χ2n) is 10.0. The SMILES string of the molecule is COc1cc2c(cc1OC(C)C)-c1c(c(C(=O)N3CCCN(C(C)=O)CC3)nn1-c1ccc(F)cc1)CC2. The number of halogens is 1. The largest absolute Gasteiger partial charge is 0.493 e. The number of ether oxygens (including phenoxy) is 2. The van der Waals surface area contributed by atoms with Gasteiger partial charge in [-0.05, 0) is 75.1 Å². The van der Waals surface area contributed by atoms with E-state index in [0.717, 1.165) is 22.4 Å². The fourth-order valence-electron chi connectivity index (χ4n) is 5.28. The highest BCUT2D eigenvalue weighted by molar-refractivity contribution is 5.96. The third-order valence-corrected chi connectivity index (χ3v) is 7.14. The highest BCUT2D eigenvalue weighted by atomic mass is 19.1. The number of carbonyl (C=O) groups excluding carboxylic acids is 2. The Bertz CT molecular complexity index is 1370. The van der Waals surface area contributed by atoms with Crippen LogP contribution < -0.4 is 9.47 Å². The summed E-state index contributed by atoms with van der Waals surface area (Å²) in [7, 11) is 1.62. The zero-order valence-electron chi connectivity index (χ0n) is 22.3. The summed E-state index contributed by atoms with van der Waals surface area (Å²) in [5, 5.41) is 4.83. The van der Waals surface area contributed by atoms with Gasteiger partial charge in [0.05, 0.1) is 24.6 Å². The Morgan fingerprint density at radius 3 is 2.37 bits per heavy atom. The summed E-state index contributed by atoms with van der Waals surface area (Å²) < 4.78 is 27.2. The van der Waals surface area contributed by atoms with E-state index in [2.05, 4.69) is 0 Å². The van der Waals surface area contributed by atoms with Crippen molar-refractivity contribution in [3.05, 3.63) is 59.0 Å². The summed E-state index contributed by atoms with van der Waals surface area (Å²) in [6.45, 7) is 7.62. The van der Waals surface area contributed by atoms with E-state index in [1.807, 2.05) is 26.0 Å². The molecule has 2 aliphatic rings. The van der Waals surface area contributed by atoms with Gasteiger partial charge < -0.3 is 19.3 Å². The van der Waals surface area contributed by atoms with E-state index in [1.54, 1.807) is 40.6 Å². The summed E-state index contributed by atoms with van der Waals surface area (Å²) in [5.74, 6) is 0.797. The molecule has 5 rings (SSSR count). The number of fused-ring (bicyclic) bond motifs is 3.